The third-order valence-electron chi connectivity index (χ3n) is 2.82. The zero-order valence-electron chi connectivity index (χ0n) is 9.65. The second-order valence-corrected chi connectivity index (χ2v) is 4.23. The van der Waals surface area contributed by atoms with E-state index >= 15 is 0 Å². The Labute approximate surface area is 95.9 Å². The Morgan fingerprint density at radius 3 is 2.81 bits per heavy atom. The summed E-state index contributed by atoms with van der Waals surface area (Å²) in [5.74, 6) is 0.969. The molecule has 0 bridgehead atoms. The minimum Gasteiger partial charge on any atom is -0.461 e. The molecule has 2 nitrogen and oxygen atoms in total. The lowest BCUT2D eigenvalue weighted by molar-refractivity contribution is 0.152. The summed E-state index contributed by atoms with van der Waals surface area (Å²) in [7, 11) is 0. The Bertz CT molecular complexity index is 412. The van der Waals surface area contributed by atoms with Crippen LogP contribution in [0, 0.1) is 0 Å². The van der Waals surface area contributed by atoms with Crippen molar-refractivity contribution in [2.75, 3.05) is 0 Å². The van der Waals surface area contributed by atoms with Crippen molar-refractivity contribution in [2.24, 2.45) is 0 Å². The van der Waals surface area contributed by atoms with Gasteiger partial charge in [0.1, 0.15) is 11.3 Å². The van der Waals surface area contributed by atoms with Gasteiger partial charge in [-0.05, 0) is 25.0 Å². The average molecular weight is 218 g/mol. The second-order valence-electron chi connectivity index (χ2n) is 4.23. The fraction of sp³-hybridized carbons (Fsp3) is 0.429. The van der Waals surface area contributed by atoms with Gasteiger partial charge >= 0.3 is 0 Å². The molecule has 0 amide bonds. The molecule has 0 aliphatic heterocycles. The van der Waals surface area contributed by atoms with Crippen molar-refractivity contribution in [3.05, 3.63) is 36.1 Å². The summed E-state index contributed by atoms with van der Waals surface area (Å²) in [6.07, 6.45) is 3.31. The number of hydrogen-bond donors (Lipinski definition) is 1. The van der Waals surface area contributed by atoms with Crippen LogP contribution in [0.1, 0.15) is 31.9 Å². The standard InChI is InChI=1S/C14H18O2/c1-2-5-12(15)8-9-13-10-11-6-3-4-7-14(11)16-13/h3-4,6-7,10,12,15H,2,5,8-9H2,1H3. The van der Waals surface area contributed by atoms with Gasteiger partial charge in [-0.2, -0.15) is 0 Å². The maximum absolute atomic E-state index is 9.64. The smallest absolute Gasteiger partial charge is 0.134 e. The first-order valence-corrected chi connectivity index (χ1v) is 5.95. The average Bonchev–Trinajstić information content (AvgIpc) is 2.69. The first kappa shape index (κ1) is 11.2. The van der Waals surface area contributed by atoms with Crippen molar-refractivity contribution in [1.82, 2.24) is 0 Å². The van der Waals surface area contributed by atoms with Gasteiger partial charge in [0.2, 0.25) is 0 Å². The maximum Gasteiger partial charge on any atom is 0.134 e. The van der Waals surface area contributed by atoms with E-state index in [0.717, 1.165) is 42.4 Å². The van der Waals surface area contributed by atoms with E-state index in [1.165, 1.54) is 0 Å². The lowest BCUT2D eigenvalue weighted by Crippen LogP contribution is -2.06. The zero-order chi connectivity index (χ0) is 11.4. The predicted octanol–water partition coefficient (Wildman–Crippen LogP) is 3.53. The molecule has 1 N–H and O–H groups in total. The van der Waals surface area contributed by atoms with Gasteiger partial charge in [0.15, 0.2) is 0 Å². The second kappa shape index (κ2) is 5.17. The molecular weight excluding hydrogens is 200 g/mol. The lowest BCUT2D eigenvalue weighted by atomic mass is 10.1. The fourth-order valence-corrected chi connectivity index (χ4v) is 1.95. The fourth-order valence-electron chi connectivity index (χ4n) is 1.95. The van der Waals surface area contributed by atoms with Crippen molar-refractivity contribution in [1.29, 1.82) is 0 Å². The summed E-state index contributed by atoms with van der Waals surface area (Å²) in [4.78, 5) is 0. The van der Waals surface area contributed by atoms with Crippen LogP contribution in [-0.2, 0) is 6.42 Å². The summed E-state index contributed by atoms with van der Waals surface area (Å²) in [6.45, 7) is 2.09. The van der Waals surface area contributed by atoms with Gasteiger partial charge in [0.25, 0.3) is 0 Å². The molecule has 2 aromatic rings. The van der Waals surface area contributed by atoms with Crippen molar-refractivity contribution in [2.45, 2.75) is 38.7 Å². The SMILES string of the molecule is CCCC(O)CCc1cc2ccccc2o1. The van der Waals surface area contributed by atoms with Crippen molar-refractivity contribution in [3.63, 3.8) is 0 Å². The highest BCUT2D eigenvalue weighted by Crippen LogP contribution is 2.20. The molecule has 0 saturated heterocycles. The van der Waals surface area contributed by atoms with Crippen LogP contribution >= 0.6 is 0 Å². The molecule has 0 aliphatic rings. The molecule has 0 radical (unpaired) electrons. The van der Waals surface area contributed by atoms with E-state index in [2.05, 4.69) is 13.0 Å². The van der Waals surface area contributed by atoms with Crippen LogP contribution in [0.25, 0.3) is 11.0 Å². The molecule has 0 spiro atoms. The Kier molecular flexibility index (Phi) is 3.62. The molecule has 1 aromatic heterocycles. The Morgan fingerprint density at radius 1 is 1.25 bits per heavy atom. The molecule has 16 heavy (non-hydrogen) atoms. The van der Waals surface area contributed by atoms with E-state index in [1.54, 1.807) is 0 Å². The molecule has 1 aromatic carbocycles. The Morgan fingerprint density at radius 2 is 2.06 bits per heavy atom. The molecule has 2 heteroatoms. The van der Waals surface area contributed by atoms with Crippen molar-refractivity contribution in [3.8, 4) is 0 Å². The van der Waals surface area contributed by atoms with Crippen LogP contribution < -0.4 is 0 Å². The lowest BCUT2D eigenvalue weighted by Gasteiger charge is -2.06. The number of benzene rings is 1. The van der Waals surface area contributed by atoms with Crippen LogP contribution in [0.5, 0.6) is 0 Å². The van der Waals surface area contributed by atoms with E-state index in [0.29, 0.717) is 0 Å². The number of fused-ring (bicyclic) bond motifs is 1. The number of hydrogen-bond acceptors (Lipinski definition) is 2. The van der Waals surface area contributed by atoms with Crippen molar-refractivity contribution < 1.29 is 9.52 Å². The summed E-state index contributed by atoms with van der Waals surface area (Å²) in [5, 5.41) is 10.8. The summed E-state index contributed by atoms with van der Waals surface area (Å²) in [6, 6.07) is 10.1. The Balaban J connectivity index is 1.99. The summed E-state index contributed by atoms with van der Waals surface area (Å²) >= 11 is 0. The molecular formula is C14H18O2. The highest BCUT2D eigenvalue weighted by atomic mass is 16.3. The minimum absolute atomic E-state index is 0.196. The van der Waals surface area contributed by atoms with E-state index in [4.69, 9.17) is 4.42 Å². The molecule has 86 valence electrons. The highest BCUT2D eigenvalue weighted by Gasteiger charge is 2.06. The van der Waals surface area contributed by atoms with Crippen LogP contribution in [-0.4, -0.2) is 11.2 Å². The van der Waals surface area contributed by atoms with Crippen LogP contribution in [0.4, 0.5) is 0 Å². The van der Waals surface area contributed by atoms with Gasteiger partial charge in [-0.25, -0.2) is 0 Å². The van der Waals surface area contributed by atoms with E-state index in [1.807, 2.05) is 24.3 Å². The number of aliphatic hydroxyl groups is 1. The van der Waals surface area contributed by atoms with Gasteiger partial charge < -0.3 is 9.52 Å². The summed E-state index contributed by atoms with van der Waals surface area (Å²) < 4.78 is 5.69. The van der Waals surface area contributed by atoms with Crippen LogP contribution in [0.2, 0.25) is 0 Å². The van der Waals surface area contributed by atoms with Gasteiger partial charge in [0.05, 0.1) is 6.10 Å². The molecule has 1 atom stereocenters. The topological polar surface area (TPSA) is 33.4 Å². The number of furan rings is 1. The van der Waals surface area contributed by atoms with Crippen LogP contribution in [0.15, 0.2) is 34.7 Å². The predicted molar refractivity (Wildman–Crippen MR) is 65.4 cm³/mol. The normalized spacial score (nSPS) is 13.1. The molecule has 1 heterocycles. The zero-order valence-corrected chi connectivity index (χ0v) is 9.65. The van der Waals surface area contributed by atoms with Gasteiger partial charge in [0, 0.05) is 11.8 Å². The number of aliphatic hydroxyl groups excluding tert-OH is 1. The highest BCUT2D eigenvalue weighted by molar-refractivity contribution is 5.77. The van der Waals surface area contributed by atoms with E-state index < -0.39 is 0 Å². The number of rotatable bonds is 5. The van der Waals surface area contributed by atoms with E-state index in [9.17, 15) is 5.11 Å². The van der Waals surface area contributed by atoms with Crippen molar-refractivity contribution >= 4 is 11.0 Å². The van der Waals surface area contributed by atoms with Gasteiger partial charge in [-0.15, -0.1) is 0 Å². The largest absolute Gasteiger partial charge is 0.461 e. The molecule has 0 aliphatic carbocycles. The van der Waals surface area contributed by atoms with E-state index in [-0.39, 0.29) is 6.10 Å². The number of para-hydroxylation sites is 1. The summed E-state index contributed by atoms with van der Waals surface area (Å²) in [5.41, 5.74) is 0.933. The number of aryl methyl sites for hydroxylation is 1. The van der Waals surface area contributed by atoms with Gasteiger partial charge in [-0.3, -0.25) is 0 Å². The molecule has 0 fully saturated rings. The first-order chi connectivity index (χ1) is 7.79. The van der Waals surface area contributed by atoms with Gasteiger partial charge in [-0.1, -0.05) is 31.5 Å². The van der Waals surface area contributed by atoms with Crippen LogP contribution in [0.3, 0.4) is 0 Å². The molecule has 0 saturated carbocycles. The Hall–Kier alpha value is -1.28. The maximum atomic E-state index is 9.64. The monoisotopic (exact) mass is 218 g/mol. The third kappa shape index (κ3) is 2.64. The first-order valence-electron chi connectivity index (χ1n) is 5.95. The molecule has 2 rings (SSSR count). The quantitative estimate of drug-likeness (QED) is 0.832. The minimum atomic E-state index is -0.196. The molecule has 1 unspecified atom stereocenters. The third-order valence-corrected chi connectivity index (χ3v) is 2.82.